The van der Waals surface area contributed by atoms with Crippen LogP contribution in [-0.2, 0) is 13.9 Å². The zero-order chi connectivity index (χ0) is 27.3. The van der Waals surface area contributed by atoms with Crippen molar-refractivity contribution < 1.29 is 19.0 Å². The van der Waals surface area contributed by atoms with E-state index in [1.165, 1.54) is 11.3 Å². The maximum atomic E-state index is 12.1. The molecule has 2 fully saturated rings. The molecule has 3 rings (SSSR count). The molecule has 2 bridgehead atoms. The lowest BCUT2D eigenvalue weighted by Gasteiger charge is -2.60. The van der Waals surface area contributed by atoms with Gasteiger partial charge in [-0.05, 0) is 59.7 Å². The molecule has 0 aromatic carbocycles. The van der Waals surface area contributed by atoms with Crippen molar-refractivity contribution in [1.29, 1.82) is 0 Å². The summed E-state index contributed by atoms with van der Waals surface area (Å²) in [6, 6.07) is 0. The normalized spacial score (nSPS) is 39.4. The van der Waals surface area contributed by atoms with Crippen LogP contribution in [0.4, 0.5) is 0 Å². The first kappa shape index (κ1) is 29.9. The first-order valence-corrected chi connectivity index (χ1v) is 16.7. The largest absolute Gasteiger partial charge is 0.546 e. The summed E-state index contributed by atoms with van der Waals surface area (Å²) < 4.78 is 19.4. The quantitative estimate of drug-likeness (QED) is 0.189. The van der Waals surface area contributed by atoms with Crippen molar-refractivity contribution in [3.63, 3.8) is 0 Å². The molecule has 0 saturated heterocycles. The van der Waals surface area contributed by atoms with Crippen LogP contribution >= 0.6 is 0 Å². The maximum Gasteiger partial charge on any atom is 0.258 e. The van der Waals surface area contributed by atoms with E-state index in [0.717, 1.165) is 25.7 Å². The van der Waals surface area contributed by atoms with Crippen LogP contribution in [0.3, 0.4) is 0 Å². The number of hydrogen-bond acceptors (Lipinski definition) is 4. The Labute approximate surface area is 223 Å². The predicted molar refractivity (Wildman–Crippen MR) is 152 cm³/mol. The SMILES string of the molecule is C=CC1(C)C[C@@H](O)C2(C)C3=C(O[Si](C(C)C)(C(C)C)C(C)C)CCC3(CCC2C)[C@@H](C)C1OCOC. The van der Waals surface area contributed by atoms with Gasteiger partial charge in [0.2, 0.25) is 0 Å². The van der Waals surface area contributed by atoms with Crippen molar-refractivity contribution in [3.8, 4) is 0 Å². The summed E-state index contributed by atoms with van der Waals surface area (Å²) in [7, 11) is -0.442. The van der Waals surface area contributed by atoms with Crippen molar-refractivity contribution in [2.45, 2.75) is 130 Å². The summed E-state index contributed by atoms with van der Waals surface area (Å²) in [5.41, 5.74) is 2.29. The standard InChI is InChI=1S/C31H56O4Si/c1-13-29(10)18-26(32)30(11)23(8)14-16-31(24(9)28(29)34-19-33-12)17-15-25(27(30)31)35-36(20(2)3,21(4)5)22(6)7/h13,20-24,26,28,32H,1,14-19H2,2-12H3/t23?,24-,26+,28?,29?,30?,31?/m0/s1. The van der Waals surface area contributed by atoms with Crippen LogP contribution in [0.25, 0.3) is 0 Å². The molecule has 36 heavy (non-hydrogen) atoms. The molecule has 2 saturated carbocycles. The van der Waals surface area contributed by atoms with E-state index in [1.807, 2.05) is 6.08 Å². The smallest absolute Gasteiger partial charge is 0.258 e. The highest BCUT2D eigenvalue weighted by atomic mass is 28.4. The van der Waals surface area contributed by atoms with Gasteiger partial charge in [0.25, 0.3) is 8.32 Å². The maximum absolute atomic E-state index is 12.1. The zero-order valence-electron chi connectivity index (χ0n) is 25.2. The van der Waals surface area contributed by atoms with Crippen LogP contribution in [0.1, 0.15) is 101 Å². The lowest BCUT2D eigenvalue weighted by molar-refractivity contribution is -0.173. The van der Waals surface area contributed by atoms with Gasteiger partial charge in [0.05, 0.1) is 18.0 Å². The van der Waals surface area contributed by atoms with E-state index in [-0.39, 0.29) is 35.1 Å². The summed E-state index contributed by atoms with van der Waals surface area (Å²) >= 11 is 0. The molecule has 4 nitrogen and oxygen atoms in total. The summed E-state index contributed by atoms with van der Waals surface area (Å²) in [5.74, 6) is 1.88. The van der Waals surface area contributed by atoms with Gasteiger partial charge in [-0.3, -0.25) is 0 Å². The minimum Gasteiger partial charge on any atom is -0.546 e. The molecule has 5 unspecified atom stereocenters. The number of rotatable bonds is 9. The molecule has 1 N–H and O–H groups in total. The van der Waals surface area contributed by atoms with Crippen molar-refractivity contribution >= 4 is 8.32 Å². The minimum atomic E-state index is -2.13. The Morgan fingerprint density at radius 2 is 1.64 bits per heavy atom. The van der Waals surface area contributed by atoms with Gasteiger partial charge in [-0.2, -0.15) is 0 Å². The number of ether oxygens (including phenoxy) is 2. The third-order valence-corrected chi connectivity index (χ3v) is 17.3. The molecule has 0 aromatic rings. The lowest BCUT2D eigenvalue weighted by atomic mass is 9.46. The Hall–Kier alpha value is -0.623. The lowest BCUT2D eigenvalue weighted by Crippen LogP contribution is -2.59. The molecule has 3 aliphatic rings. The van der Waals surface area contributed by atoms with Gasteiger partial charge >= 0.3 is 0 Å². The molecule has 0 amide bonds. The number of hydrogen-bond donors (Lipinski definition) is 1. The highest BCUT2D eigenvalue weighted by Crippen LogP contribution is 2.69. The summed E-state index contributed by atoms with van der Waals surface area (Å²) in [6.45, 7) is 28.0. The van der Waals surface area contributed by atoms with Gasteiger partial charge < -0.3 is 19.0 Å². The van der Waals surface area contributed by atoms with E-state index < -0.39 is 14.4 Å². The average molecular weight is 521 g/mol. The van der Waals surface area contributed by atoms with Crippen molar-refractivity contribution in [2.75, 3.05) is 13.9 Å². The second kappa shape index (κ2) is 10.5. The molecule has 0 radical (unpaired) electrons. The molecule has 3 aliphatic carbocycles. The first-order valence-electron chi connectivity index (χ1n) is 14.5. The highest BCUT2D eigenvalue weighted by molar-refractivity contribution is 6.77. The van der Waals surface area contributed by atoms with Crippen LogP contribution in [0.15, 0.2) is 24.0 Å². The van der Waals surface area contributed by atoms with E-state index >= 15 is 0 Å². The van der Waals surface area contributed by atoms with Gasteiger partial charge in [-0.1, -0.05) is 75.3 Å². The van der Waals surface area contributed by atoms with Crippen LogP contribution in [0, 0.1) is 28.1 Å². The van der Waals surface area contributed by atoms with Gasteiger partial charge in [0.1, 0.15) is 6.79 Å². The molecule has 5 heteroatoms. The monoisotopic (exact) mass is 520 g/mol. The number of aliphatic hydroxyl groups excluding tert-OH is 1. The Kier molecular flexibility index (Phi) is 8.73. The number of aliphatic hydroxyl groups is 1. The number of methoxy groups -OCH3 is 1. The molecule has 0 aromatic heterocycles. The first-order chi connectivity index (χ1) is 16.7. The molecule has 0 heterocycles. The third-order valence-electron chi connectivity index (χ3n) is 11.3. The van der Waals surface area contributed by atoms with Crippen LogP contribution in [0.2, 0.25) is 16.6 Å². The Balaban J connectivity index is 2.29. The van der Waals surface area contributed by atoms with Crippen LogP contribution < -0.4 is 0 Å². The van der Waals surface area contributed by atoms with Crippen LogP contribution in [0.5, 0.6) is 0 Å². The van der Waals surface area contributed by atoms with Gasteiger partial charge in [-0.25, -0.2) is 0 Å². The second-order valence-electron chi connectivity index (χ2n) is 13.8. The molecule has 208 valence electrons. The summed E-state index contributed by atoms with van der Waals surface area (Å²) in [5, 5.41) is 12.1. The second-order valence-corrected chi connectivity index (χ2v) is 19.2. The van der Waals surface area contributed by atoms with E-state index in [1.54, 1.807) is 7.11 Å². The Bertz CT molecular complexity index is 813. The van der Waals surface area contributed by atoms with E-state index in [2.05, 4.69) is 75.8 Å². The van der Waals surface area contributed by atoms with Crippen LogP contribution in [-0.4, -0.2) is 39.5 Å². The fourth-order valence-corrected chi connectivity index (χ4v) is 14.4. The number of allylic oxidation sites excluding steroid dienone is 1. The van der Waals surface area contributed by atoms with E-state index in [9.17, 15) is 5.11 Å². The Morgan fingerprint density at radius 3 is 2.14 bits per heavy atom. The molecule has 0 spiro atoms. The fourth-order valence-electron chi connectivity index (χ4n) is 9.10. The van der Waals surface area contributed by atoms with Crippen molar-refractivity contribution in [3.05, 3.63) is 24.0 Å². The molecular formula is C31H56O4Si. The third kappa shape index (κ3) is 4.28. The van der Waals surface area contributed by atoms with Gasteiger partial charge in [0, 0.05) is 29.8 Å². The zero-order valence-corrected chi connectivity index (χ0v) is 26.2. The van der Waals surface area contributed by atoms with Crippen molar-refractivity contribution in [2.24, 2.45) is 28.1 Å². The van der Waals surface area contributed by atoms with Gasteiger partial charge in [-0.15, -0.1) is 6.58 Å². The topological polar surface area (TPSA) is 47.9 Å². The summed E-state index contributed by atoms with van der Waals surface area (Å²) in [6.07, 6.45) is 6.38. The Morgan fingerprint density at radius 1 is 1.06 bits per heavy atom. The summed E-state index contributed by atoms with van der Waals surface area (Å²) in [4.78, 5) is 0. The average Bonchev–Trinajstić information content (AvgIpc) is 3.18. The van der Waals surface area contributed by atoms with Crippen molar-refractivity contribution in [1.82, 2.24) is 0 Å². The molecule has 0 aliphatic heterocycles. The fraction of sp³-hybridized carbons (Fsp3) is 0.871. The highest BCUT2D eigenvalue weighted by Gasteiger charge is 2.64. The molecular weight excluding hydrogens is 464 g/mol. The predicted octanol–water partition coefficient (Wildman–Crippen LogP) is 8.23. The molecule has 7 atom stereocenters. The van der Waals surface area contributed by atoms with E-state index in [4.69, 9.17) is 13.9 Å². The minimum absolute atomic E-state index is 0.0360. The van der Waals surface area contributed by atoms with Gasteiger partial charge in [0.15, 0.2) is 0 Å². The van der Waals surface area contributed by atoms with E-state index in [0.29, 0.717) is 29.0 Å².